The molecule has 0 aromatic rings. The molecule has 0 spiro atoms. The Hall–Kier alpha value is -1.05. The number of aliphatic carboxylic acids is 1. The van der Waals surface area contributed by atoms with E-state index in [0.717, 1.165) is 12.8 Å². The van der Waals surface area contributed by atoms with E-state index in [-0.39, 0.29) is 0 Å². The molecule has 0 aliphatic carbocycles. The summed E-state index contributed by atoms with van der Waals surface area (Å²) in [6.45, 7) is 6.49. The molecule has 0 fully saturated rings. The molecule has 1 N–H and O–H groups in total. The summed E-state index contributed by atoms with van der Waals surface area (Å²) in [5, 5.41) is 8.69. The van der Waals surface area contributed by atoms with Crippen LogP contribution in [0.1, 0.15) is 91.4 Å². The van der Waals surface area contributed by atoms with Gasteiger partial charge in [0.05, 0.1) is 0 Å². The zero-order valence-corrected chi connectivity index (χ0v) is 15.6. The Morgan fingerprint density at radius 1 is 1.04 bits per heavy atom. The minimum atomic E-state index is -0.682. The highest BCUT2D eigenvalue weighted by Crippen LogP contribution is 2.18. The molecule has 2 heteroatoms. The summed E-state index contributed by atoms with van der Waals surface area (Å²) in [6, 6.07) is 0. The van der Waals surface area contributed by atoms with Crippen molar-refractivity contribution in [2.24, 2.45) is 11.8 Å². The first-order valence-electron chi connectivity index (χ1n) is 9.59. The zero-order chi connectivity index (χ0) is 17.3. The molecule has 23 heavy (non-hydrogen) atoms. The third-order valence-corrected chi connectivity index (χ3v) is 4.50. The van der Waals surface area contributed by atoms with E-state index >= 15 is 0 Å². The van der Waals surface area contributed by atoms with Crippen molar-refractivity contribution in [1.29, 1.82) is 0 Å². The highest BCUT2D eigenvalue weighted by molar-refractivity contribution is 5.66. The van der Waals surface area contributed by atoms with Crippen LogP contribution in [0.2, 0.25) is 0 Å². The number of carboxylic acids is 1. The molecule has 2 unspecified atom stereocenters. The first kappa shape index (κ1) is 21.9. The molecular weight excluding hydrogens is 284 g/mol. The van der Waals surface area contributed by atoms with Gasteiger partial charge in [0.25, 0.3) is 0 Å². The third-order valence-electron chi connectivity index (χ3n) is 4.50. The van der Waals surface area contributed by atoms with Crippen molar-refractivity contribution in [3.63, 3.8) is 0 Å². The predicted octanol–water partition coefficient (Wildman–Crippen LogP) is 6.77. The molecule has 0 amide bonds. The summed E-state index contributed by atoms with van der Waals surface area (Å²) in [6.07, 6.45) is 21.6. The number of hydrogen-bond donors (Lipinski definition) is 1. The van der Waals surface area contributed by atoms with E-state index in [1.54, 1.807) is 0 Å². The monoisotopic (exact) mass is 322 g/mol. The lowest BCUT2D eigenvalue weighted by Crippen LogP contribution is -2.00. The molecule has 0 heterocycles. The lowest BCUT2D eigenvalue weighted by Gasteiger charge is -2.11. The molecule has 0 rings (SSSR count). The summed E-state index contributed by atoms with van der Waals surface area (Å²) in [4.78, 5) is 10.6. The number of unbranched alkanes of at least 4 members (excludes halogenated alkanes) is 5. The summed E-state index contributed by atoms with van der Waals surface area (Å²) in [5.74, 6) is 0.486. The van der Waals surface area contributed by atoms with Crippen LogP contribution in [0.15, 0.2) is 24.3 Å². The van der Waals surface area contributed by atoms with E-state index in [1.165, 1.54) is 51.4 Å². The number of allylic oxidation sites excluding steroid dienone is 4. The van der Waals surface area contributed by atoms with Crippen LogP contribution in [0, 0.1) is 11.8 Å². The van der Waals surface area contributed by atoms with Gasteiger partial charge in [0, 0.05) is 6.42 Å². The maximum absolute atomic E-state index is 10.6. The molecule has 0 saturated heterocycles. The molecule has 0 saturated carbocycles. The van der Waals surface area contributed by atoms with Crippen molar-refractivity contribution < 1.29 is 9.90 Å². The number of carbonyl (C=O) groups is 1. The van der Waals surface area contributed by atoms with Crippen molar-refractivity contribution in [2.45, 2.75) is 91.4 Å². The highest BCUT2D eigenvalue weighted by atomic mass is 16.4. The molecule has 2 atom stereocenters. The molecule has 0 radical (unpaired) electrons. The summed E-state index contributed by atoms with van der Waals surface area (Å²) in [7, 11) is 0. The summed E-state index contributed by atoms with van der Waals surface area (Å²) >= 11 is 0. The Kier molecular flexibility index (Phi) is 15.1. The van der Waals surface area contributed by atoms with Gasteiger partial charge in [0.1, 0.15) is 0 Å². The highest BCUT2D eigenvalue weighted by Gasteiger charge is 2.05. The molecular formula is C21H38O2. The molecule has 0 aliphatic rings. The second-order valence-corrected chi connectivity index (χ2v) is 6.78. The van der Waals surface area contributed by atoms with Gasteiger partial charge in [0.15, 0.2) is 0 Å². The van der Waals surface area contributed by atoms with Crippen LogP contribution >= 0.6 is 0 Å². The van der Waals surface area contributed by atoms with Crippen LogP contribution in [-0.2, 0) is 4.79 Å². The summed E-state index contributed by atoms with van der Waals surface area (Å²) < 4.78 is 0. The van der Waals surface area contributed by atoms with Crippen molar-refractivity contribution in [3.05, 3.63) is 24.3 Å². The number of hydrogen-bond acceptors (Lipinski definition) is 1. The predicted molar refractivity (Wildman–Crippen MR) is 101 cm³/mol. The van der Waals surface area contributed by atoms with E-state index in [9.17, 15) is 4.79 Å². The normalized spacial score (nSPS) is 14.6. The second-order valence-electron chi connectivity index (χ2n) is 6.78. The molecule has 0 bridgehead atoms. The minimum Gasteiger partial charge on any atom is -0.481 e. The molecule has 0 aromatic heterocycles. The molecule has 2 nitrogen and oxygen atoms in total. The lowest BCUT2D eigenvalue weighted by molar-refractivity contribution is -0.137. The van der Waals surface area contributed by atoms with E-state index in [2.05, 4.69) is 45.1 Å². The van der Waals surface area contributed by atoms with Gasteiger partial charge in [-0.05, 0) is 57.3 Å². The van der Waals surface area contributed by atoms with Crippen LogP contribution in [-0.4, -0.2) is 11.1 Å². The SMILES string of the molecule is CC=CCCCCCCCC(C=CCC(C)CCC(=O)O)CC. The van der Waals surface area contributed by atoms with E-state index in [4.69, 9.17) is 5.11 Å². The fourth-order valence-corrected chi connectivity index (χ4v) is 2.79. The van der Waals surface area contributed by atoms with Crippen LogP contribution in [0.5, 0.6) is 0 Å². The van der Waals surface area contributed by atoms with E-state index < -0.39 is 5.97 Å². The Balaban J connectivity index is 3.68. The van der Waals surface area contributed by atoms with Crippen LogP contribution < -0.4 is 0 Å². The molecule has 0 aliphatic heterocycles. The number of rotatable bonds is 15. The maximum atomic E-state index is 10.6. The lowest BCUT2D eigenvalue weighted by atomic mass is 9.95. The first-order valence-corrected chi connectivity index (χ1v) is 9.59. The summed E-state index contributed by atoms with van der Waals surface area (Å²) in [5.41, 5.74) is 0. The van der Waals surface area contributed by atoms with Crippen molar-refractivity contribution >= 4 is 5.97 Å². The Bertz CT molecular complexity index is 331. The Morgan fingerprint density at radius 3 is 2.39 bits per heavy atom. The van der Waals surface area contributed by atoms with Gasteiger partial charge in [-0.1, -0.05) is 63.8 Å². The van der Waals surface area contributed by atoms with Gasteiger partial charge >= 0.3 is 5.97 Å². The smallest absolute Gasteiger partial charge is 0.303 e. The fraction of sp³-hybridized carbons (Fsp3) is 0.762. The Morgan fingerprint density at radius 2 is 1.74 bits per heavy atom. The van der Waals surface area contributed by atoms with Gasteiger partial charge in [-0.2, -0.15) is 0 Å². The maximum Gasteiger partial charge on any atom is 0.303 e. The average molecular weight is 323 g/mol. The number of carboxylic acid groups (broad SMARTS) is 1. The zero-order valence-electron chi connectivity index (χ0n) is 15.6. The third kappa shape index (κ3) is 15.6. The van der Waals surface area contributed by atoms with Crippen molar-refractivity contribution in [1.82, 2.24) is 0 Å². The first-order chi connectivity index (χ1) is 11.1. The quantitative estimate of drug-likeness (QED) is 0.267. The molecule has 134 valence electrons. The van der Waals surface area contributed by atoms with Gasteiger partial charge in [-0.3, -0.25) is 4.79 Å². The van der Waals surface area contributed by atoms with Gasteiger partial charge in [0.2, 0.25) is 0 Å². The van der Waals surface area contributed by atoms with Crippen molar-refractivity contribution in [3.8, 4) is 0 Å². The van der Waals surface area contributed by atoms with Gasteiger partial charge < -0.3 is 5.11 Å². The van der Waals surface area contributed by atoms with Crippen LogP contribution in [0.4, 0.5) is 0 Å². The second kappa shape index (κ2) is 15.8. The largest absolute Gasteiger partial charge is 0.481 e. The van der Waals surface area contributed by atoms with Crippen LogP contribution in [0.3, 0.4) is 0 Å². The average Bonchev–Trinajstić information content (AvgIpc) is 2.53. The Labute approximate surface area is 144 Å². The van der Waals surface area contributed by atoms with E-state index in [1.807, 2.05) is 0 Å². The minimum absolute atomic E-state index is 0.292. The van der Waals surface area contributed by atoms with Gasteiger partial charge in [-0.25, -0.2) is 0 Å². The topological polar surface area (TPSA) is 37.3 Å². The van der Waals surface area contributed by atoms with Crippen LogP contribution in [0.25, 0.3) is 0 Å². The van der Waals surface area contributed by atoms with E-state index in [0.29, 0.717) is 18.3 Å². The van der Waals surface area contributed by atoms with Crippen molar-refractivity contribution in [2.75, 3.05) is 0 Å². The standard InChI is InChI=1S/C21H38O2/c1-4-6-7-8-9-10-11-12-15-20(5-2)16-13-14-19(3)17-18-21(22)23/h4,6,13,16,19-20H,5,7-12,14-15,17-18H2,1-3H3,(H,22,23). The fourth-order valence-electron chi connectivity index (χ4n) is 2.79. The molecule has 0 aromatic carbocycles. The van der Waals surface area contributed by atoms with Gasteiger partial charge in [-0.15, -0.1) is 0 Å².